The summed E-state index contributed by atoms with van der Waals surface area (Å²) in [7, 11) is 0. The number of carboxylic acid groups (broad SMARTS) is 1. The van der Waals surface area contributed by atoms with E-state index in [1.165, 1.54) is 12.1 Å². The second-order valence-corrected chi connectivity index (χ2v) is 10.5. The number of aromatic carboxylic acids is 1. The lowest BCUT2D eigenvalue weighted by Crippen LogP contribution is -2.32. The molecule has 5 aromatic rings. The molecule has 12 nitrogen and oxygen atoms in total. The minimum atomic E-state index is -0.972. The smallest absolute Gasteiger partial charge is 0.335 e. The second kappa shape index (κ2) is 10.9. The van der Waals surface area contributed by atoms with Crippen LogP contribution >= 0.6 is 0 Å². The number of nitriles is 1. The maximum Gasteiger partial charge on any atom is 0.335 e. The van der Waals surface area contributed by atoms with Gasteiger partial charge in [0.05, 0.1) is 53.1 Å². The van der Waals surface area contributed by atoms with E-state index in [9.17, 15) is 14.3 Å². The van der Waals surface area contributed by atoms with E-state index in [-0.39, 0.29) is 29.8 Å². The summed E-state index contributed by atoms with van der Waals surface area (Å²) in [5, 5.41) is 23.2. The Kier molecular flexibility index (Phi) is 6.77. The van der Waals surface area contributed by atoms with Gasteiger partial charge in [0.2, 0.25) is 0 Å². The standard InChI is InChI=1S/C30H25FN8O4/c31-23-9-18(11-32)1-2-20(23)17-43-30-33-7-5-27(35-30)39-13-21-12-37(15-25(21)36-39)16-28-34-24-4-3-19(29(40)41)10-26(24)38(28)14-22-6-8-42-22/h1-5,7,9-10,13,22H,6,8,12,14-17H2,(H,40,41)/t22-/m0/s1. The summed E-state index contributed by atoms with van der Waals surface area (Å²) in [5.74, 6) is -0.133. The highest BCUT2D eigenvalue weighted by molar-refractivity contribution is 5.92. The highest BCUT2D eigenvalue weighted by atomic mass is 19.1. The number of carbonyl (C=O) groups is 1. The van der Waals surface area contributed by atoms with Gasteiger partial charge in [-0.15, -0.1) is 0 Å². The van der Waals surface area contributed by atoms with Gasteiger partial charge < -0.3 is 19.1 Å². The van der Waals surface area contributed by atoms with Gasteiger partial charge in [0, 0.05) is 49.3 Å². The third-order valence-electron chi connectivity index (χ3n) is 7.66. The van der Waals surface area contributed by atoms with Gasteiger partial charge in [0.25, 0.3) is 0 Å². The maximum atomic E-state index is 14.2. The van der Waals surface area contributed by atoms with E-state index in [4.69, 9.17) is 24.8 Å². The third-order valence-corrected chi connectivity index (χ3v) is 7.66. The molecule has 0 spiro atoms. The maximum absolute atomic E-state index is 14.2. The van der Waals surface area contributed by atoms with Crippen LogP contribution in [-0.4, -0.2) is 58.0 Å². The summed E-state index contributed by atoms with van der Waals surface area (Å²) in [4.78, 5) is 27.2. The second-order valence-electron chi connectivity index (χ2n) is 10.5. The lowest BCUT2D eigenvalue weighted by Gasteiger charge is -2.28. The number of nitrogens with zero attached hydrogens (tertiary/aromatic N) is 8. The van der Waals surface area contributed by atoms with Crippen LogP contribution in [0.3, 0.4) is 0 Å². The summed E-state index contributed by atoms with van der Waals surface area (Å²) < 4.78 is 29.3. The number of ether oxygens (including phenoxy) is 2. The molecule has 2 aliphatic heterocycles. The highest BCUT2D eigenvalue weighted by Crippen LogP contribution is 2.27. The number of hydrogen-bond acceptors (Lipinski definition) is 9. The number of aromatic nitrogens is 6. The van der Waals surface area contributed by atoms with Crippen molar-refractivity contribution in [1.82, 2.24) is 34.2 Å². The molecule has 2 aliphatic rings. The van der Waals surface area contributed by atoms with Crippen molar-refractivity contribution in [3.8, 4) is 17.9 Å². The van der Waals surface area contributed by atoms with E-state index in [0.29, 0.717) is 37.6 Å². The topological polar surface area (TPSA) is 144 Å². The average Bonchev–Trinajstić information content (AvgIpc) is 3.65. The van der Waals surface area contributed by atoms with Crippen LogP contribution in [0.4, 0.5) is 4.39 Å². The number of carboxylic acids is 1. The first kappa shape index (κ1) is 26.7. The Balaban J connectivity index is 1.05. The monoisotopic (exact) mass is 580 g/mol. The van der Waals surface area contributed by atoms with Crippen LogP contribution in [0.25, 0.3) is 16.9 Å². The Hall–Kier alpha value is -5.19. The van der Waals surface area contributed by atoms with Gasteiger partial charge in [0.1, 0.15) is 18.2 Å². The Morgan fingerprint density at radius 2 is 2.07 bits per heavy atom. The molecule has 1 fully saturated rings. The molecule has 0 radical (unpaired) electrons. The molecule has 1 atom stereocenters. The summed E-state index contributed by atoms with van der Waals surface area (Å²) in [5.41, 5.74) is 4.27. The van der Waals surface area contributed by atoms with Crippen LogP contribution in [0, 0.1) is 17.1 Å². The van der Waals surface area contributed by atoms with Crippen LogP contribution in [0.1, 0.15) is 45.0 Å². The zero-order chi connectivity index (χ0) is 29.5. The third kappa shape index (κ3) is 5.29. The average molecular weight is 581 g/mol. The van der Waals surface area contributed by atoms with E-state index < -0.39 is 11.8 Å². The first-order valence-corrected chi connectivity index (χ1v) is 13.7. The number of fused-ring (bicyclic) bond motifs is 2. The molecular weight excluding hydrogens is 555 g/mol. The Morgan fingerprint density at radius 1 is 1.19 bits per heavy atom. The van der Waals surface area contributed by atoms with Gasteiger partial charge in [0.15, 0.2) is 5.82 Å². The fourth-order valence-electron chi connectivity index (χ4n) is 5.32. The molecule has 13 heteroatoms. The van der Waals surface area contributed by atoms with Gasteiger partial charge >= 0.3 is 12.0 Å². The predicted octanol–water partition coefficient (Wildman–Crippen LogP) is 3.60. The number of benzene rings is 2. The van der Waals surface area contributed by atoms with E-state index in [1.54, 1.807) is 35.1 Å². The molecule has 5 heterocycles. The van der Waals surface area contributed by atoms with Crippen molar-refractivity contribution in [2.45, 2.75) is 45.3 Å². The number of rotatable bonds is 9. The first-order chi connectivity index (χ1) is 20.9. The first-order valence-electron chi connectivity index (χ1n) is 13.7. The van der Waals surface area contributed by atoms with Gasteiger partial charge in [-0.2, -0.15) is 15.3 Å². The normalized spacial score (nSPS) is 16.1. The SMILES string of the molecule is N#Cc1ccc(COc2nccc(-n3cc4c(n3)CN(Cc3nc5ccc(C(=O)O)cc5n3C[C@@H]3CCO3)C4)n2)c(F)c1. The van der Waals surface area contributed by atoms with Gasteiger partial charge in [-0.25, -0.2) is 23.8 Å². The molecule has 43 heavy (non-hydrogen) atoms. The van der Waals surface area contributed by atoms with Crippen LogP contribution in [0.2, 0.25) is 0 Å². The zero-order valence-electron chi connectivity index (χ0n) is 22.9. The van der Waals surface area contributed by atoms with Crippen molar-refractivity contribution in [1.29, 1.82) is 5.26 Å². The fraction of sp³-hybridized carbons (Fsp3) is 0.267. The quantitative estimate of drug-likeness (QED) is 0.275. The molecule has 0 unspecified atom stereocenters. The molecule has 0 amide bonds. The lowest BCUT2D eigenvalue weighted by molar-refractivity contribution is -0.0592. The number of imidazole rings is 1. The number of halogens is 1. The molecule has 216 valence electrons. The molecule has 1 saturated heterocycles. The summed E-state index contributed by atoms with van der Waals surface area (Å²) in [6, 6.07) is 12.9. The predicted molar refractivity (Wildman–Crippen MR) is 149 cm³/mol. The van der Waals surface area contributed by atoms with E-state index >= 15 is 0 Å². The van der Waals surface area contributed by atoms with Crippen molar-refractivity contribution in [2.75, 3.05) is 6.61 Å². The van der Waals surface area contributed by atoms with Crippen molar-refractivity contribution >= 4 is 17.0 Å². The molecule has 3 aromatic heterocycles. The Labute approximate surface area is 244 Å². The van der Waals surface area contributed by atoms with Crippen LogP contribution in [0.15, 0.2) is 54.9 Å². The molecule has 1 N–H and O–H groups in total. The number of hydrogen-bond donors (Lipinski definition) is 1. The Bertz CT molecular complexity index is 1880. The molecule has 7 rings (SSSR count). The Morgan fingerprint density at radius 3 is 2.81 bits per heavy atom. The van der Waals surface area contributed by atoms with Gasteiger partial charge in [-0.05, 0) is 36.8 Å². The van der Waals surface area contributed by atoms with Crippen molar-refractivity contribution in [2.24, 2.45) is 0 Å². The van der Waals surface area contributed by atoms with E-state index in [1.807, 2.05) is 12.3 Å². The molecule has 0 saturated carbocycles. The summed E-state index contributed by atoms with van der Waals surface area (Å²) in [6.07, 6.45) is 4.53. The van der Waals surface area contributed by atoms with Gasteiger partial charge in [-0.3, -0.25) is 4.90 Å². The highest BCUT2D eigenvalue weighted by Gasteiger charge is 2.27. The van der Waals surface area contributed by atoms with Crippen molar-refractivity contribution in [3.05, 3.63) is 94.4 Å². The molecule has 0 aliphatic carbocycles. The van der Waals surface area contributed by atoms with Crippen molar-refractivity contribution < 1.29 is 23.8 Å². The van der Waals surface area contributed by atoms with Crippen LogP contribution in [0.5, 0.6) is 6.01 Å². The summed E-state index contributed by atoms with van der Waals surface area (Å²) >= 11 is 0. The van der Waals surface area contributed by atoms with Crippen molar-refractivity contribution in [3.63, 3.8) is 0 Å². The van der Waals surface area contributed by atoms with Crippen LogP contribution in [-0.2, 0) is 37.5 Å². The van der Waals surface area contributed by atoms with Gasteiger partial charge in [-0.1, -0.05) is 6.07 Å². The van der Waals surface area contributed by atoms with Crippen LogP contribution < -0.4 is 4.74 Å². The molecular formula is C30H25FN8O4. The lowest BCUT2D eigenvalue weighted by atomic mass is 10.1. The molecule has 2 aromatic carbocycles. The molecule has 0 bridgehead atoms. The zero-order valence-corrected chi connectivity index (χ0v) is 22.9. The minimum Gasteiger partial charge on any atom is -0.478 e. The minimum absolute atomic E-state index is 0.0824. The van der Waals surface area contributed by atoms with E-state index in [2.05, 4.69) is 19.4 Å². The fourth-order valence-corrected chi connectivity index (χ4v) is 5.32. The van der Waals surface area contributed by atoms with E-state index in [0.717, 1.165) is 47.2 Å². The summed E-state index contributed by atoms with van der Waals surface area (Å²) in [6.45, 7) is 3.11. The largest absolute Gasteiger partial charge is 0.478 e.